The highest BCUT2D eigenvalue weighted by Crippen LogP contribution is 2.40. The van der Waals surface area contributed by atoms with Gasteiger partial charge in [0, 0.05) is 62.0 Å². The van der Waals surface area contributed by atoms with Crippen LogP contribution in [-0.2, 0) is 6.54 Å². The summed E-state index contributed by atoms with van der Waals surface area (Å²) in [5, 5.41) is 16.5. The van der Waals surface area contributed by atoms with Gasteiger partial charge in [-0.3, -0.25) is 14.7 Å². The zero-order chi connectivity index (χ0) is 27.6. The maximum atomic E-state index is 15.0. The van der Waals surface area contributed by atoms with Gasteiger partial charge in [-0.15, -0.1) is 11.3 Å². The highest BCUT2D eigenvalue weighted by atomic mass is 32.1. The van der Waals surface area contributed by atoms with Gasteiger partial charge in [0.25, 0.3) is 5.91 Å². The fraction of sp³-hybridized carbons (Fsp3) is 0.258. The summed E-state index contributed by atoms with van der Waals surface area (Å²) in [5.41, 5.74) is 3.72. The van der Waals surface area contributed by atoms with Crippen LogP contribution >= 0.6 is 11.3 Å². The average molecular weight is 556 g/mol. The lowest BCUT2D eigenvalue weighted by molar-refractivity contribution is 0.0712. The second-order valence-corrected chi connectivity index (χ2v) is 11.4. The number of rotatable bonds is 6. The van der Waals surface area contributed by atoms with Gasteiger partial charge in [0.1, 0.15) is 11.6 Å². The Kier molecular flexibility index (Phi) is 7.42. The lowest BCUT2D eigenvalue weighted by Gasteiger charge is -2.32. The largest absolute Gasteiger partial charge is 0.507 e. The number of hydrazone groups is 1. The summed E-state index contributed by atoms with van der Waals surface area (Å²) >= 11 is 1.39. The second kappa shape index (κ2) is 11.3. The molecule has 2 aromatic carbocycles. The maximum Gasteiger partial charge on any atom is 0.284 e. The standard InChI is InChI=1S/C31H30FN5O2S/c1-35-13-15-36(16-14-35)20-21-5-2-6-22(17-21)28-10-11-29(40-28)31(39)37-26(30-24(32)8-3-9-27(30)38)18-25(34-37)23-7-4-12-33-19-23/h2-12,17,19,26,38H,13-16,18,20H2,1H3. The molecule has 2 aliphatic heterocycles. The molecule has 204 valence electrons. The van der Waals surface area contributed by atoms with Gasteiger partial charge in [-0.1, -0.05) is 30.3 Å². The van der Waals surface area contributed by atoms with E-state index in [1.165, 1.54) is 40.1 Å². The van der Waals surface area contributed by atoms with E-state index in [0.29, 0.717) is 10.6 Å². The monoisotopic (exact) mass is 555 g/mol. The number of aromatic nitrogens is 1. The van der Waals surface area contributed by atoms with Crippen LogP contribution in [-0.4, -0.2) is 69.7 Å². The van der Waals surface area contributed by atoms with Crippen LogP contribution in [0.2, 0.25) is 0 Å². The van der Waals surface area contributed by atoms with Crippen LogP contribution in [0.5, 0.6) is 5.75 Å². The zero-order valence-corrected chi connectivity index (χ0v) is 23.0. The molecule has 4 aromatic rings. The predicted octanol–water partition coefficient (Wildman–Crippen LogP) is 5.39. The van der Waals surface area contributed by atoms with Crippen molar-refractivity contribution in [1.82, 2.24) is 19.8 Å². The molecular weight excluding hydrogens is 525 g/mol. The van der Waals surface area contributed by atoms with Crippen molar-refractivity contribution in [3.8, 4) is 16.2 Å². The molecule has 1 N–H and O–H groups in total. The topological polar surface area (TPSA) is 72.3 Å². The number of phenolic OH excluding ortho intramolecular Hbond substituents is 1. The molecule has 1 unspecified atom stereocenters. The zero-order valence-electron chi connectivity index (χ0n) is 22.2. The molecule has 2 aliphatic rings. The van der Waals surface area contributed by atoms with Crippen LogP contribution in [0.25, 0.3) is 10.4 Å². The highest BCUT2D eigenvalue weighted by molar-refractivity contribution is 7.17. The third-order valence-electron chi connectivity index (χ3n) is 7.51. The van der Waals surface area contributed by atoms with E-state index in [4.69, 9.17) is 0 Å². The van der Waals surface area contributed by atoms with Crippen LogP contribution in [0.3, 0.4) is 0 Å². The van der Waals surface area contributed by atoms with Crippen molar-refractivity contribution < 1.29 is 14.3 Å². The Balaban J connectivity index is 1.27. The molecule has 1 fully saturated rings. The average Bonchev–Trinajstić information content (AvgIpc) is 3.63. The summed E-state index contributed by atoms with van der Waals surface area (Å²) in [7, 11) is 2.15. The summed E-state index contributed by atoms with van der Waals surface area (Å²) in [4.78, 5) is 24.3. The van der Waals surface area contributed by atoms with Gasteiger partial charge >= 0.3 is 0 Å². The SMILES string of the molecule is CN1CCN(Cc2cccc(-c3ccc(C(=O)N4N=C(c5cccnc5)CC4c4c(O)cccc4F)s3)c2)CC1. The van der Waals surface area contributed by atoms with Crippen LogP contribution in [0, 0.1) is 5.82 Å². The fourth-order valence-electron chi connectivity index (χ4n) is 5.29. The first-order chi connectivity index (χ1) is 19.5. The molecule has 2 aromatic heterocycles. The highest BCUT2D eigenvalue weighted by Gasteiger charge is 2.37. The summed E-state index contributed by atoms with van der Waals surface area (Å²) < 4.78 is 15.0. The summed E-state index contributed by atoms with van der Waals surface area (Å²) in [6.07, 6.45) is 3.59. The molecule has 0 saturated carbocycles. The van der Waals surface area contributed by atoms with Gasteiger partial charge in [-0.05, 0) is 54.6 Å². The number of halogens is 1. The van der Waals surface area contributed by atoms with Crippen molar-refractivity contribution >= 4 is 23.0 Å². The molecule has 9 heteroatoms. The minimum atomic E-state index is -0.777. The van der Waals surface area contributed by atoms with Gasteiger partial charge in [0.15, 0.2) is 0 Å². The number of nitrogens with zero attached hydrogens (tertiary/aromatic N) is 5. The number of phenols is 1. The molecule has 1 saturated heterocycles. The minimum Gasteiger partial charge on any atom is -0.507 e. The van der Waals surface area contributed by atoms with Crippen molar-refractivity contribution in [2.75, 3.05) is 33.2 Å². The second-order valence-electron chi connectivity index (χ2n) is 10.3. The first-order valence-corrected chi connectivity index (χ1v) is 14.2. The van der Waals surface area contributed by atoms with Crippen molar-refractivity contribution in [2.45, 2.75) is 19.0 Å². The van der Waals surface area contributed by atoms with Crippen LogP contribution in [0.1, 0.15) is 38.8 Å². The van der Waals surface area contributed by atoms with Crippen LogP contribution in [0.4, 0.5) is 4.39 Å². The number of piperazine rings is 1. The molecule has 40 heavy (non-hydrogen) atoms. The third kappa shape index (κ3) is 5.40. The van der Waals surface area contributed by atoms with Crippen molar-refractivity contribution in [2.24, 2.45) is 5.10 Å². The molecular formula is C31H30FN5O2S. The lowest BCUT2D eigenvalue weighted by Crippen LogP contribution is -2.43. The normalized spacial score (nSPS) is 18.2. The van der Waals surface area contributed by atoms with Crippen molar-refractivity contribution in [1.29, 1.82) is 0 Å². The van der Waals surface area contributed by atoms with E-state index in [1.807, 2.05) is 12.1 Å². The van der Waals surface area contributed by atoms with Crippen molar-refractivity contribution in [3.63, 3.8) is 0 Å². The number of amides is 1. The number of carbonyl (C=O) groups excluding carboxylic acids is 1. The van der Waals surface area contributed by atoms with E-state index in [1.54, 1.807) is 24.5 Å². The van der Waals surface area contributed by atoms with E-state index >= 15 is 0 Å². The van der Waals surface area contributed by atoms with Crippen LogP contribution in [0.15, 0.2) is 84.2 Å². The molecule has 1 atom stereocenters. The van der Waals surface area contributed by atoms with Gasteiger partial charge in [0.05, 0.1) is 22.2 Å². The van der Waals surface area contributed by atoms with E-state index in [0.717, 1.165) is 48.7 Å². The Hall–Kier alpha value is -3.92. The lowest BCUT2D eigenvalue weighted by atomic mass is 9.97. The Bertz CT molecular complexity index is 1530. The van der Waals surface area contributed by atoms with Gasteiger partial charge in [-0.25, -0.2) is 9.40 Å². The van der Waals surface area contributed by atoms with Gasteiger partial charge < -0.3 is 10.0 Å². The van der Waals surface area contributed by atoms with Crippen LogP contribution < -0.4 is 0 Å². The Morgan fingerprint density at radius 3 is 2.60 bits per heavy atom. The Labute approximate surface area is 236 Å². The van der Waals surface area contributed by atoms with E-state index in [-0.39, 0.29) is 23.6 Å². The predicted molar refractivity (Wildman–Crippen MR) is 155 cm³/mol. The molecule has 1 amide bonds. The van der Waals surface area contributed by atoms with E-state index < -0.39 is 11.9 Å². The number of aromatic hydroxyl groups is 1. The Morgan fingerprint density at radius 1 is 1.02 bits per heavy atom. The summed E-state index contributed by atoms with van der Waals surface area (Å²) in [5.74, 6) is -1.11. The summed E-state index contributed by atoms with van der Waals surface area (Å²) in [6, 6.07) is 19.2. The molecule has 0 aliphatic carbocycles. The molecule has 0 radical (unpaired) electrons. The smallest absolute Gasteiger partial charge is 0.284 e. The minimum absolute atomic E-state index is 0.0619. The fourth-order valence-corrected chi connectivity index (χ4v) is 6.23. The molecule has 0 bridgehead atoms. The van der Waals surface area contributed by atoms with Gasteiger partial charge in [-0.2, -0.15) is 5.10 Å². The number of benzene rings is 2. The number of hydrogen-bond donors (Lipinski definition) is 1. The van der Waals surface area contributed by atoms with E-state index in [9.17, 15) is 14.3 Å². The quantitative estimate of drug-likeness (QED) is 0.345. The molecule has 4 heterocycles. The van der Waals surface area contributed by atoms with Gasteiger partial charge in [0.2, 0.25) is 0 Å². The molecule has 6 rings (SSSR count). The Morgan fingerprint density at radius 2 is 1.82 bits per heavy atom. The number of hydrogen-bond acceptors (Lipinski definition) is 7. The molecule has 0 spiro atoms. The third-order valence-corrected chi connectivity index (χ3v) is 8.63. The first kappa shape index (κ1) is 26.3. The first-order valence-electron chi connectivity index (χ1n) is 13.3. The number of carbonyl (C=O) groups is 1. The number of pyridine rings is 1. The number of thiophene rings is 1. The maximum absolute atomic E-state index is 15.0. The molecule has 7 nitrogen and oxygen atoms in total. The van der Waals surface area contributed by atoms with E-state index in [2.05, 4.69) is 51.2 Å². The van der Waals surface area contributed by atoms with Crippen molar-refractivity contribution in [3.05, 3.63) is 107 Å². The summed E-state index contributed by atoms with van der Waals surface area (Å²) in [6.45, 7) is 5.14. The number of likely N-dealkylation sites (N-methyl/N-ethyl adjacent to an activating group) is 1.